The van der Waals surface area contributed by atoms with Crippen LogP contribution in [0.1, 0.15) is 44.5 Å². The van der Waals surface area contributed by atoms with Crippen LogP contribution >= 0.6 is 11.5 Å². The number of aromatic nitrogens is 1. The molecule has 0 atom stereocenters. The van der Waals surface area contributed by atoms with Gasteiger partial charge in [-0.05, 0) is 39.2 Å². The second-order valence-electron chi connectivity index (χ2n) is 5.30. The van der Waals surface area contributed by atoms with Crippen molar-refractivity contribution in [3.63, 3.8) is 0 Å². The second-order valence-corrected chi connectivity index (χ2v) is 6.07. The van der Waals surface area contributed by atoms with E-state index >= 15 is 0 Å². The van der Waals surface area contributed by atoms with Crippen LogP contribution in [0, 0.1) is 0 Å². The first-order valence-corrected chi connectivity index (χ1v) is 7.67. The SMILES string of the molecule is CC(C)NC(=O)CCNc1snc(N)c1C(=O)NC(C)C. The number of amides is 2. The molecule has 1 aromatic rings. The Morgan fingerprint density at radius 3 is 2.38 bits per heavy atom. The fourth-order valence-corrected chi connectivity index (χ4v) is 2.40. The molecule has 0 spiro atoms. The number of rotatable bonds is 7. The molecule has 2 amide bonds. The summed E-state index contributed by atoms with van der Waals surface area (Å²) in [6.07, 6.45) is 0.321. The van der Waals surface area contributed by atoms with E-state index in [0.717, 1.165) is 11.5 Å². The highest BCUT2D eigenvalue weighted by Crippen LogP contribution is 2.26. The fraction of sp³-hybridized carbons (Fsp3) is 0.615. The predicted molar refractivity (Wildman–Crippen MR) is 85.5 cm³/mol. The van der Waals surface area contributed by atoms with Gasteiger partial charge in [-0.15, -0.1) is 0 Å². The van der Waals surface area contributed by atoms with Crippen LogP contribution in [0.4, 0.5) is 10.8 Å². The Morgan fingerprint density at radius 1 is 1.19 bits per heavy atom. The molecule has 0 bridgehead atoms. The molecule has 0 radical (unpaired) electrons. The van der Waals surface area contributed by atoms with Crippen molar-refractivity contribution in [3.8, 4) is 0 Å². The Kier molecular flexibility index (Phi) is 6.41. The average molecular weight is 313 g/mol. The third kappa shape index (κ3) is 5.58. The first kappa shape index (κ1) is 17.2. The average Bonchev–Trinajstić information content (AvgIpc) is 2.68. The molecule has 0 saturated heterocycles. The summed E-state index contributed by atoms with van der Waals surface area (Å²) in [5, 5.41) is 9.22. The van der Waals surface area contributed by atoms with Crippen molar-refractivity contribution in [2.24, 2.45) is 0 Å². The summed E-state index contributed by atoms with van der Waals surface area (Å²) in [6, 6.07) is 0.130. The van der Waals surface area contributed by atoms with E-state index in [1.807, 2.05) is 27.7 Å². The van der Waals surface area contributed by atoms with Gasteiger partial charge in [0, 0.05) is 25.0 Å². The van der Waals surface area contributed by atoms with Crippen molar-refractivity contribution in [2.45, 2.75) is 46.2 Å². The van der Waals surface area contributed by atoms with Gasteiger partial charge in [0.25, 0.3) is 5.91 Å². The van der Waals surface area contributed by atoms with Gasteiger partial charge >= 0.3 is 0 Å². The zero-order valence-electron chi connectivity index (χ0n) is 12.8. The van der Waals surface area contributed by atoms with Crippen LogP contribution in [0.15, 0.2) is 0 Å². The molecule has 0 unspecified atom stereocenters. The molecule has 8 heteroatoms. The molecule has 1 rings (SSSR count). The maximum absolute atomic E-state index is 12.1. The zero-order chi connectivity index (χ0) is 16.0. The van der Waals surface area contributed by atoms with Gasteiger partial charge < -0.3 is 21.7 Å². The van der Waals surface area contributed by atoms with E-state index in [-0.39, 0.29) is 29.7 Å². The largest absolute Gasteiger partial charge is 0.382 e. The lowest BCUT2D eigenvalue weighted by Gasteiger charge is -2.11. The summed E-state index contributed by atoms with van der Waals surface area (Å²) in [7, 11) is 0. The number of carbonyl (C=O) groups excluding carboxylic acids is 2. The molecule has 118 valence electrons. The van der Waals surface area contributed by atoms with Crippen LogP contribution in [-0.4, -0.2) is 34.8 Å². The number of nitrogen functional groups attached to an aromatic ring is 1. The van der Waals surface area contributed by atoms with Crippen LogP contribution in [0.2, 0.25) is 0 Å². The van der Waals surface area contributed by atoms with Gasteiger partial charge in [-0.25, -0.2) is 0 Å². The van der Waals surface area contributed by atoms with Gasteiger partial charge in [0.1, 0.15) is 10.6 Å². The van der Waals surface area contributed by atoms with Crippen molar-refractivity contribution in [1.29, 1.82) is 0 Å². The Bertz CT molecular complexity index is 499. The number of hydrogen-bond acceptors (Lipinski definition) is 6. The molecule has 7 nitrogen and oxygen atoms in total. The number of anilines is 2. The monoisotopic (exact) mass is 313 g/mol. The minimum atomic E-state index is -0.259. The number of carbonyl (C=O) groups is 2. The van der Waals surface area contributed by atoms with E-state index < -0.39 is 0 Å². The maximum atomic E-state index is 12.1. The highest BCUT2D eigenvalue weighted by molar-refractivity contribution is 7.11. The van der Waals surface area contributed by atoms with Gasteiger partial charge in [-0.1, -0.05) is 0 Å². The van der Waals surface area contributed by atoms with E-state index in [4.69, 9.17) is 5.73 Å². The number of hydrogen-bond donors (Lipinski definition) is 4. The molecule has 1 aromatic heterocycles. The number of nitrogens with one attached hydrogen (secondary N) is 3. The van der Waals surface area contributed by atoms with Crippen LogP contribution < -0.4 is 21.7 Å². The Morgan fingerprint density at radius 2 is 1.81 bits per heavy atom. The minimum Gasteiger partial charge on any atom is -0.382 e. The lowest BCUT2D eigenvalue weighted by atomic mass is 10.2. The second kappa shape index (κ2) is 7.82. The van der Waals surface area contributed by atoms with Gasteiger partial charge in [-0.3, -0.25) is 9.59 Å². The van der Waals surface area contributed by atoms with E-state index in [0.29, 0.717) is 23.5 Å². The Hall–Kier alpha value is -1.83. The molecule has 0 aliphatic carbocycles. The van der Waals surface area contributed by atoms with E-state index in [1.165, 1.54) is 0 Å². The zero-order valence-corrected chi connectivity index (χ0v) is 13.6. The topological polar surface area (TPSA) is 109 Å². The maximum Gasteiger partial charge on any atom is 0.258 e. The molecule has 0 fully saturated rings. The molecule has 0 saturated carbocycles. The molecule has 0 aromatic carbocycles. The third-order valence-electron chi connectivity index (χ3n) is 2.45. The smallest absolute Gasteiger partial charge is 0.258 e. The minimum absolute atomic E-state index is 0.0152. The summed E-state index contributed by atoms with van der Waals surface area (Å²) in [6.45, 7) is 7.98. The van der Waals surface area contributed by atoms with Gasteiger partial charge in [0.2, 0.25) is 5.91 Å². The first-order chi connectivity index (χ1) is 9.81. The van der Waals surface area contributed by atoms with Crippen molar-refractivity contribution < 1.29 is 9.59 Å². The van der Waals surface area contributed by atoms with Crippen LogP contribution in [0.25, 0.3) is 0 Å². The Labute approximate surface area is 128 Å². The fourth-order valence-electron chi connectivity index (χ4n) is 1.66. The molecule has 0 aliphatic rings. The highest BCUT2D eigenvalue weighted by Gasteiger charge is 2.19. The Balaban J connectivity index is 2.60. The third-order valence-corrected chi connectivity index (χ3v) is 3.27. The lowest BCUT2D eigenvalue weighted by Crippen LogP contribution is -2.32. The van der Waals surface area contributed by atoms with Crippen LogP contribution in [0.5, 0.6) is 0 Å². The van der Waals surface area contributed by atoms with E-state index in [1.54, 1.807) is 0 Å². The highest BCUT2D eigenvalue weighted by atomic mass is 32.1. The molecular weight excluding hydrogens is 290 g/mol. The van der Waals surface area contributed by atoms with Crippen molar-refractivity contribution in [2.75, 3.05) is 17.6 Å². The summed E-state index contributed by atoms with van der Waals surface area (Å²) in [4.78, 5) is 23.6. The summed E-state index contributed by atoms with van der Waals surface area (Å²) in [5.41, 5.74) is 6.08. The van der Waals surface area contributed by atoms with Gasteiger partial charge in [0.15, 0.2) is 5.82 Å². The summed E-state index contributed by atoms with van der Waals surface area (Å²) in [5.74, 6) is -0.0965. The first-order valence-electron chi connectivity index (χ1n) is 6.90. The van der Waals surface area contributed by atoms with Crippen LogP contribution in [-0.2, 0) is 4.79 Å². The normalized spacial score (nSPS) is 10.8. The number of nitrogens with zero attached hydrogens (tertiary/aromatic N) is 1. The van der Waals surface area contributed by atoms with E-state index in [2.05, 4.69) is 20.3 Å². The van der Waals surface area contributed by atoms with Crippen molar-refractivity contribution in [3.05, 3.63) is 5.56 Å². The summed E-state index contributed by atoms with van der Waals surface area (Å²) >= 11 is 1.12. The van der Waals surface area contributed by atoms with Crippen molar-refractivity contribution >= 4 is 34.2 Å². The van der Waals surface area contributed by atoms with Crippen LogP contribution in [0.3, 0.4) is 0 Å². The van der Waals surface area contributed by atoms with E-state index in [9.17, 15) is 9.59 Å². The standard InChI is InChI=1S/C13H23N5O2S/c1-7(2)16-9(19)5-6-15-13-10(11(14)18-21-13)12(20)17-8(3)4/h7-8,15H,5-6H2,1-4H3,(H2,14,18)(H,16,19)(H,17,20). The van der Waals surface area contributed by atoms with Gasteiger partial charge in [0.05, 0.1) is 0 Å². The molecular formula is C13H23N5O2S. The predicted octanol–water partition coefficient (Wildman–Crippen LogP) is 1.19. The lowest BCUT2D eigenvalue weighted by molar-refractivity contribution is -0.121. The molecule has 1 heterocycles. The summed E-state index contributed by atoms with van der Waals surface area (Å²) < 4.78 is 3.99. The molecule has 21 heavy (non-hydrogen) atoms. The molecule has 5 N–H and O–H groups in total. The number of nitrogens with two attached hydrogens (primary N) is 1. The van der Waals surface area contributed by atoms with Crippen molar-refractivity contribution in [1.82, 2.24) is 15.0 Å². The quantitative estimate of drug-likeness (QED) is 0.604. The molecule has 0 aliphatic heterocycles. The van der Waals surface area contributed by atoms with Gasteiger partial charge in [-0.2, -0.15) is 4.37 Å².